The van der Waals surface area contributed by atoms with Crippen molar-refractivity contribution < 1.29 is 13.6 Å². The maximum absolute atomic E-state index is 13.5. The Morgan fingerprint density at radius 3 is 2.67 bits per heavy atom. The number of nitrogens with one attached hydrogen (secondary N) is 1. The molecule has 0 saturated carbocycles. The number of amides is 1. The Kier molecular flexibility index (Phi) is 5.22. The largest absolute Gasteiger partial charge is 0.348 e. The van der Waals surface area contributed by atoms with Gasteiger partial charge in [-0.1, -0.05) is 19.4 Å². The molecular formula is C13H18F2N2O. The van der Waals surface area contributed by atoms with Crippen LogP contribution in [0.5, 0.6) is 0 Å². The summed E-state index contributed by atoms with van der Waals surface area (Å²) in [7, 11) is 0. The topological polar surface area (TPSA) is 55.1 Å². The van der Waals surface area contributed by atoms with Gasteiger partial charge >= 0.3 is 0 Å². The van der Waals surface area contributed by atoms with E-state index in [9.17, 15) is 13.6 Å². The molecule has 0 heterocycles. The summed E-state index contributed by atoms with van der Waals surface area (Å²) >= 11 is 0. The van der Waals surface area contributed by atoms with Gasteiger partial charge in [0.1, 0.15) is 11.6 Å². The van der Waals surface area contributed by atoms with E-state index in [4.69, 9.17) is 5.73 Å². The average molecular weight is 256 g/mol. The number of hydrogen-bond acceptors (Lipinski definition) is 2. The summed E-state index contributed by atoms with van der Waals surface area (Å²) in [5.74, 6) is -1.64. The number of rotatable bonds is 5. The van der Waals surface area contributed by atoms with Crippen LogP contribution in [0.25, 0.3) is 0 Å². The van der Waals surface area contributed by atoms with Crippen LogP contribution in [0.4, 0.5) is 8.78 Å². The van der Waals surface area contributed by atoms with E-state index >= 15 is 0 Å². The molecule has 2 atom stereocenters. The van der Waals surface area contributed by atoms with E-state index in [1.165, 1.54) is 6.07 Å². The molecule has 1 aromatic rings. The van der Waals surface area contributed by atoms with Crippen molar-refractivity contribution in [3.8, 4) is 0 Å². The Labute approximate surface area is 105 Å². The fraction of sp³-hybridized carbons (Fsp3) is 0.462. The number of carbonyl (C=O) groups is 1. The lowest BCUT2D eigenvalue weighted by molar-refractivity contribution is -0.123. The minimum Gasteiger partial charge on any atom is -0.348 e. The molecule has 18 heavy (non-hydrogen) atoms. The molecule has 0 bridgehead atoms. The van der Waals surface area contributed by atoms with E-state index in [2.05, 4.69) is 5.32 Å². The third kappa shape index (κ3) is 3.77. The van der Waals surface area contributed by atoms with Crippen LogP contribution in [-0.4, -0.2) is 11.9 Å². The molecule has 1 rings (SSSR count). The molecule has 5 heteroatoms. The van der Waals surface area contributed by atoms with Crippen molar-refractivity contribution in [3.05, 3.63) is 35.4 Å². The van der Waals surface area contributed by atoms with Crippen LogP contribution < -0.4 is 11.1 Å². The molecule has 0 aliphatic carbocycles. The summed E-state index contributed by atoms with van der Waals surface area (Å²) in [6.45, 7) is 3.56. The quantitative estimate of drug-likeness (QED) is 0.849. The minimum absolute atomic E-state index is 0.244. The van der Waals surface area contributed by atoms with Gasteiger partial charge in [0.05, 0.1) is 12.1 Å². The molecule has 1 aromatic carbocycles. The van der Waals surface area contributed by atoms with Crippen LogP contribution in [-0.2, 0) is 4.79 Å². The van der Waals surface area contributed by atoms with E-state index in [0.29, 0.717) is 6.42 Å². The minimum atomic E-state index is -0.674. The highest BCUT2D eigenvalue weighted by molar-refractivity contribution is 5.81. The summed E-state index contributed by atoms with van der Waals surface area (Å²) in [4.78, 5) is 11.7. The first kappa shape index (κ1) is 14.6. The van der Waals surface area contributed by atoms with Gasteiger partial charge < -0.3 is 11.1 Å². The maximum Gasteiger partial charge on any atom is 0.237 e. The van der Waals surface area contributed by atoms with Gasteiger partial charge in [0.25, 0.3) is 0 Å². The second kappa shape index (κ2) is 6.44. The summed E-state index contributed by atoms with van der Waals surface area (Å²) in [5.41, 5.74) is 5.89. The van der Waals surface area contributed by atoms with Gasteiger partial charge in [-0.3, -0.25) is 4.79 Å². The van der Waals surface area contributed by atoms with Crippen LogP contribution >= 0.6 is 0 Å². The highest BCUT2D eigenvalue weighted by Crippen LogP contribution is 2.17. The number of benzene rings is 1. The lowest BCUT2D eigenvalue weighted by Gasteiger charge is -2.18. The van der Waals surface area contributed by atoms with E-state index in [1.54, 1.807) is 6.92 Å². The summed E-state index contributed by atoms with van der Waals surface area (Å²) in [5, 5.41) is 2.61. The predicted molar refractivity (Wildman–Crippen MR) is 65.8 cm³/mol. The number of nitrogens with two attached hydrogens (primary N) is 1. The second-order valence-corrected chi connectivity index (χ2v) is 4.29. The summed E-state index contributed by atoms with van der Waals surface area (Å²) in [6.07, 6.45) is 1.37. The van der Waals surface area contributed by atoms with Crippen molar-refractivity contribution in [1.29, 1.82) is 0 Å². The molecule has 0 saturated heterocycles. The summed E-state index contributed by atoms with van der Waals surface area (Å²) in [6, 6.07) is 2.14. The predicted octanol–water partition coefficient (Wildman–Crippen LogP) is 2.27. The number of halogens is 2. The van der Waals surface area contributed by atoms with Crippen LogP contribution in [0.2, 0.25) is 0 Å². The molecule has 1 amide bonds. The molecule has 0 fully saturated rings. The average Bonchev–Trinajstić information content (AvgIpc) is 2.28. The van der Waals surface area contributed by atoms with Crippen molar-refractivity contribution in [2.75, 3.05) is 0 Å². The monoisotopic (exact) mass is 256 g/mol. The van der Waals surface area contributed by atoms with Crippen LogP contribution in [0, 0.1) is 11.6 Å². The zero-order chi connectivity index (χ0) is 13.7. The number of carbonyl (C=O) groups excluding carboxylic acids is 1. The van der Waals surface area contributed by atoms with E-state index in [1.807, 2.05) is 6.92 Å². The highest BCUT2D eigenvalue weighted by Gasteiger charge is 2.18. The van der Waals surface area contributed by atoms with Gasteiger partial charge in [-0.15, -0.1) is 0 Å². The zero-order valence-electron chi connectivity index (χ0n) is 10.5. The second-order valence-electron chi connectivity index (χ2n) is 4.29. The van der Waals surface area contributed by atoms with Crippen LogP contribution in [0.3, 0.4) is 0 Å². The van der Waals surface area contributed by atoms with Gasteiger partial charge in [-0.2, -0.15) is 0 Å². The van der Waals surface area contributed by atoms with Gasteiger partial charge in [0.2, 0.25) is 5.91 Å². The Hall–Kier alpha value is -1.49. The van der Waals surface area contributed by atoms with E-state index in [-0.39, 0.29) is 11.5 Å². The molecule has 0 aliphatic rings. The Morgan fingerprint density at radius 1 is 1.44 bits per heavy atom. The first-order valence-electron chi connectivity index (χ1n) is 5.96. The number of hydrogen-bond donors (Lipinski definition) is 2. The fourth-order valence-electron chi connectivity index (χ4n) is 1.69. The molecule has 0 aromatic heterocycles. The molecule has 0 aliphatic heterocycles. The normalized spacial score (nSPS) is 14.1. The lowest BCUT2D eigenvalue weighted by Crippen LogP contribution is -2.41. The Bertz CT molecular complexity index is 423. The van der Waals surface area contributed by atoms with Crippen molar-refractivity contribution in [3.63, 3.8) is 0 Å². The maximum atomic E-state index is 13.5. The molecule has 1 unspecified atom stereocenters. The van der Waals surface area contributed by atoms with Gasteiger partial charge in [0.15, 0.2) is 0 Å². The summed E-state index contributed by atoms with van der Waals surface area (Å²) < 4.78 is 26.2. The molecule has 0 spiro atoms. The Balaban J connectivity index is 2.70. The smallest absolute Gasteiger partial charge is 0.237 e. The first-order chi connectivity index (χ1) is 8.45. The fourth-order valence-corrected chi connectivity index (χ4v) is 1.69. The van der Waals surface area contributed by atoms with Gasteiger partial charge in [0, 0.05) is 11.6 Å². The van der Waals surface area contributed by atoms with Crippen molar-refractivity contribution in [2.24, 2.45) is 5.73 Å². The molecular weight excluding hydrogens is 238 g/mol. The third-order valence-electron chi connectivity index (χ3n) is 2.72. The van der Waals surface area contributed by atoms with Crippen LogP contribution in [0.1, 0.15) is 38.3 Å². The first-order valence-corrected chi connectivity index (χ1v) is 5.96. The molecule has 100 valence electrons. The third-order valence-corrected chi connectivity index (χ3v) is 2.72. The standard InChI is InChI=1S/C13H18F2N2O/c1-3-4-12(16)13(18)17-8(2)10-6-5-9(14)7-11(10)15/h5-8,12H,3-4,16H2,1-2H3,(H,17,18)/t8?,12-/m0/s1. The van der Waals surface area contributed by atoms with E-state index in [0.717, 1.165) is 18.6 Å². The zero-order valence-corrected chi connectivity index (χ0v) is 10.5. The Morgan fingerprint density at radius 2 is 2.11 bits per heavy atom. The van der Waals surface area contributed by atoms with Crippen molar-refractivity contribution in [2.45, 2.75) is 38.8 Å². The molecule has 3 N–H and O–H groups in total. The van der Waals surface area contributed by atoms with Crippen molar-refractivity contribution in [1.82, 2.24) is 5.32 Å². The highest BCUT2D eigenvalue weighted by atomic mass is 19.1. The molecule has 3 nitrogen and oxygen atoms in total. The van der Waals surface area contributed by atoms with E-state index < -0.39 is 23.7 Å². The SMILES string of the molecule is CCC[C@H](N)C(=O)NC(C)c1ccc(F)cc1F. The van der Waals surface area contributed by atoms with Crippen LogP contribution in [0.15, 0.2) is 18.2 Å². The van der Waals surface area contributed by atoms with Gasteiger partial charge in [-0.05, 0) is 19.4 Å². The van der Waals surface area contributed by atoms with Crippen molar-refractivity contribution >= 4 is 5.91 Å². The molecule has 0 radical (unpaired) electrons. The lowest BCUT2D eigenvalue weighted by atomic mass is 10.1. The van der Waals surface area contributed by atoms with Gasteiger partial charge in [-0.25, -0.2) is 8.78 Å².